The van der Waals surface area contributed by atoms with Crippen LogP contribution in [-0.4, -0.2) is 60.9 Å². The summed E-state index contributed by atoms with van der Waals surface area (Å²) >= 11 is 0. The van der Waals surface area contributed by atoms with E-state index in [1.807, 2.05) is 6.92 Å². The van der Waals surface area contributed by atoms with Crippen molar-refractivity contribution in [3.63, 3.8) is 0 Å². The fourth-order valence-electron chi connectivity index (χ4n) is 3.56. The average molecular weight is 298 g/mol. The van der Waals surface area contributed by atoms with Gasteiger partial charge in [0.2, 0.25) is 5.91 Å². The zero-order valence-electron chi connectivity index (χ0n) is 13.4. The number of amides is 1. The number of rotatable bonds is 5. The molecule has 1 saturated heterocycles. The first-order valence-electron chi connectivity index (χ1n) is 8.33. The molecular formula is C16H30N2O3. The van der Waals surface area contributed by atoms with E-state index in [0.29, 0.717) is 12.6 Å². The quantitative estimate of drug-likeness (QED) is 0.799. The fourth-order valence-corrected chi connectivity index (χ4v) is 3.56. The lowest BCUT2D eigenvalue weighted by atomic mass is 9.89. The number of aliphatic hydroxyl groups excluding tert-OH is 1. The molecule has 5 nitrogen and oxygen atoms in total. The molecule has 1 aliphatic heterocycles. The van der Waals surface area contributed by atoms with Crippen LogP contribution in [-0.2, 0) is 9.53 Å². The number of likely N-dealkylation sites (tertiary alicyclic amines) is 1. The lowest BCUT2D eigenvalue weighted by molar-refractivity contribution is -0.127. The lowest BCUT2D eigenvalue weighted by Crippen LogP contribution is -2.52. The van der Waals surface area contributed by atoms with Crippen LogP contribution in [0.4, 0.5) is 0 Å². The summed E-state index contributed by atoms with van der Waals surface area (Å²) in [4.78, 5) is 14.4. The van der Waals surface area contributed by atoms with Crippen molar-refractivity contribution in [2.75, 3.05) is 26.8 Å². The van der Waals surface area contributed by atoms with Gasteiger partial charge in [0.1, 0.15) is 0 Å². The summed E-state index contributed by atoms with van der Waals surface area (Å²) in [6.07, 6.45) is 6.24. The second kappa shape index (κ2) is 8.11. The highest BCUT2D eigenvalue weighted by atomic mass is 16.5. The number of methoxy groups -OCH3 is 1. The number of carbonyl (C=O) groups is 1. The van der Waals surface area contributed by atoms with E-state index in [9.17, 15) is 9.90 Å². The van der Waals surface area contributed by atoms with Crippen LogP contribution in [0.5, 0.6) is 0 Å². The van der Waals surface area contributed by atoms with Gasteiger partial charge in [0.05, 0.1) is 18.6 Å². The number of ether oxygens (including phenoxy) is 1. The number of carbonyl (C=O) groups excluding carboxylic acids is 1. The SMILES string of the molecule is COCC(C)C(=O)NC1CCN(C2CCCCC2O)CC1. The van der Waals surface area contributed by atoms with Crippen molar-refractivity contribution < 1.29 is 14.6 Å². The minimum Gasteiger partial charge on any atom is -0.391 e. The monoisotopic (exact) mass is 298 g/mol. The van der Waals surface area contributed by atoms with Crippen LogP contribution in [0.15, 0.2) is 0 Å². The van der Waals surface area contributed by atoms with Crippen molar-refractivity contribution in [2.45, 2.75) is 63.6 Å². The molecule has 2 fully saturated rings. The Morgan fingerprint density at radius 3 is 2.57 bits per heavy atom. The van der Waals surface area contributed by atoms with E-state index in [-0.39, 0.29) is 24.0 Å². The van der Waals surface area contributed by atoms with Crippen LogP contribution in [0.25, 0.3) is 0 Å². The van der Waals surface area contributed by atoms with Crippen LogP contribution >= 0.6 is 0 Å². The number of nitrogens with one attached hydrogen (secondary N) is 1. The minimum absolute atomic E-state index is 0.0896. The van der Waals surface area contributed by atoms with Gasteiger partial charge in [-0.15, -0.1) is 0 Å². The van der Waals surface area contributed by atoms with Gasteiger partial charge in [-0.3, -0.25) is 9.69 Å². The van der Waals surface area contributed by atoms with Crippen LogP contribution in [0.2, 0.25) is 0 Å². The molecule has 1 saturated carbocycles. The molecule has 2 rings (SSSR count). The molecule has 0 aromatic carbocycles. The maximum Gasteiger partial charge on any atom is 0.225 e. The van der Waals surface area contributed by atoms with E-state index in [1.54, 1.807) is 7.11 Å². The number of hydrogen-bond acceptors (Lipinski definition) is 4. The predicted octanol–water partition coefficient (Wildman–Crippen LogP) is 1.15. The van der Waals surface area contributed by atoms with Crippen LogP contribution in [0.3, 0.4) is 0 Å². The summed E-state index contributed by atoms with van der Waals surface area (Å²) in [5, 5.41) is 13.3. The Hall–Kier alpha value is -0.650. The lowest BCUT2D eigenvalue weighted by Gasteiger charge is -2.41. The molecule has 2 aliphatic rings. The molecule has 21 heavy (non-hydrogen) atoms. The molecule has 0 spiro atoms. The van der Waals surface area contributed by atoms with Crippen molar-refractivity contribution in [1.82, 2.24) is 10.2 Å². The average Bonchev–Trinajstić information content (AvgIpc) is 2.49. The fraction of sp³-hybridized carbons (Fsp3) is 0.938. The standard InChI is InChI=1S/C16H30N2O3/c1-12(11-21-2)16(20)17-13-7-9-18(10-8-13)14-5-3-4-6-15(14)19/h12-15,19H,3-11H2,1-2H3,(H,17,20). The van der Waals surface area contributed by atoms with Gasteiger partial charge in [0.25, 0.3) is 0 Å². The molecule has 2 N–H and O–H groups in total. The molecule has 122 valence electrons. The molecule has 3 unspecified atom stereocenters. The summed E-state index contributed by atoms with van der Waals surface area (Å²) in [5.74, 6) is 0.00111. The summed E-state index contributed by atoms with van der Waals surface area (Å²) in [6.45, 7) is 4.32. The zero-order chi connectivity index (χ0) is 15.2. The van der Waals surface area contributed by atoms with E-state index in [4.69, 9.17) is 4.74 Å². The Balaban J connectivity index is 1.74. The number of piperidine rings is 1. The topological polar surface area (TPSA) is 61.8 Å². The Labute approximate surface area is 128 Å². The summed E-state index contributed by atoms with van der Waals surface area (Å²) in [6, 6.07) is 0.608. The predicted molar refractivity (Wildman–Crippen MR) is 82.0 cm³/mol. The Kier molecular flexibility index (Phi) is 6.45. The van der Waals surface area contributed by atoms with Crippen molar-refractivity contribution >= 4 is 5.91 Å². The van der Waals surface area contributed by atoms with Gasteiger partial charge in [-0.25, -0.2) is 0 Å². The van der Waals surface area contributed by atoms with Gasteiger partial charge in [0.15, 0.2) is 0 Å². The van der Waals surface area contributed by atoms with E-state index < -0.39 is 0 Å². The van der Waals surface area contributed by atoms with Gasteiger partial charge in [-0.2, -0.15) is 0 Å². The third kappa shape index (κ3) is 4.66. The molecule has 0 bridgehead atoms. The van der Waals surface area contributed by atoms with Crippen molar-refractivity contribution in [2.24, 2.45) is 5.92 Å². The summed E-state index contributed by atoms with van der Waals surface area (Å²) in [5.41, 5.74) is 0. The first-order chi connectivity index (χ1) is 10.1. The van der Waals surface area contributed by atoms with Gasteiger partial charge in [0, 0.05) is 32.3 Å². The molecule has 3 atom stereocenters. The van der Waals surface area contributed by atoms with Crippen molar-refractivity contribution in [3.8, 4) is 0 Å². The van der Waals surface area contributed by atoms with Gasteiger partial charge < -0.3 is 15.2 Å². The maximum absolute atomic E-state index is 12.0. The second-order valence-corrected chi connectivity index (χ2v) is 6.59. The van der Waals surface area contributed by atoms with Gasteiger partial charge >= 0.3 is 0 Å². The Morgan fingerprint density at radius 2 is 1.95 bits per heavy atom. The molecule has 1 heterocycles. The molecule has 0 aromatic heterocycles. The highest BCUT2D eigenvalue weighted by molar-refractivity contribution is 5.78. The molecule has 1 aliphatic carbocycles. The zero-order valence-corrected chi connectivity index (χ0v) is 13.4. The van der Waals surface area contributed by atoms with Crippen LogP contribution < -0.4 is 5.32 Å². The minimum atomic E-state index is -0.161. The van der Waals surface area contributed by atoms with Crippen molar-refractivity contribution in [1.29, 1.82) is 0 Å². The highest BCUT2D eigenvalue weighted by Crippen LogP contribution is 2.25. The van der Waals surface area contributed by atoms with Crippen molar-refractivity contribution in [3.05, 3.63) is 0 Å². The van der Waals surface area contributed by atoms with E-state index in [1.165, 1.54) is 6.42 Å². The molecular weight excluding hydrogens is 268 g/mol. The van der Waals surface area contributed by atoms with Crippen LogP contribution in [0.1, 0.15) is 45.4 Å². The van der Waals surface area contributed by atoms with Gasteiger partial charge in [-0.05, 0) is 25.7 Å². The number of nitrogens with zero attached hydrogens (tertiary/aromatic N) is 1. The number of hydrogen-bond donors (Lipinski definition) is 2. The third-order valence-electron chi connectivity index (χ3n) is 4.90. The third-order valence-corrected chi connectivity index (χ3v) is 4.90. The molecule has 1 amide bonds. The Morgan fingerprint density at radius 1 is 1.29 bits per heavy atom. The number of aliphatic hydroxyl groups is 1. The first-order valence-corrected chi connectivity index (χ1v) is 8.33. The normalized spacial score (nSPS) is 30.0. The largest absolute Gasteiger partial charge is 0.391 e. The van der Waals surface area contributed by atoms with E-state index >= 15 is 0 Å². The van der Waals surface area contributed by atoms with E-state index in [2.05, 4.69) is 10.2 Å². The molecule has 0 radical (unpaired) electrons. The summed E-state index contributed by atoms with van der Waals surface area (Å²) in [7, 11) is 1.62. The molecule has 5 heteroatoms. The van der Waals surface area contributed by atoms with E-state index in [0.717, 1.165) is 45.2 Å². The molecule has 0 aromatic rings. The highest BCUT2D eigenvalue weighted by Gasteiger charge is 2.32. The Bertz CT molecular complexity index is 329. The summed E-state index contributed by atoms with van der Waals surface area (Å²) < 4.78 is 5.03. The van der Waals surface area contributed by atoms with Crippen LogP contribution in [0, 0.1) is 5.92 Å². The van der Waals surface area contributed by atoms with Gasteiger partial charge in [-0.1, -0.05) is 19.8 Å². The first kappa shape index (κ1) is 16.7. The smallest absolute Gasteiger partial charge is 0.225 e. The maximum atomic E-state index is 12.0. The second-order valence-electron chi connectivity index (χ2n) is 6.59.